The molecule has 0 amide bonds. The molecular formula is C11H9ClN2O. The summed E-state index contributed by atoms with van der Waals surface area (Å²) in [6.45, 7) is 0. The van der Waals surface area contributed by atoms with Crippen LogP contribution < -0.4 is 5.73 Å². The Labute approximate surface area is 91.9 Å². The van der Waals surface area contributed by atoms with Crippen LogP contribution >= 0.6 is 11.6 Å². The number of anilines is 1. The third-order valence-corrected chi connectivity index (χ3v) is 2.45. The summed E-state index contributed by atoms with van der Waals surface area (Å²) in [5.74, 6) is -0.0712. The van der Waals surface area contributed by atoms with Gasteiger partial charge in [0.2, 0.25) is 0 Å². The minimum atomic E-state index is -0.0712. The van der Waals surface area contributed by atoms with Gasteiger partial charge in [0.25, 0.3) is 0 Å². The van der Waals surface area contributed by atoms with Gasteiger partial charge in [-0.25, -0.2) is 0 Å². The highest BCUT2D eigenvalue weighted by atomic mass is 35.5. The van der Waals surface area contributed by atoms with Crippen molar-refractivity contribution in [2.75, 3.05) is 5.73 Å². The smallest absolute Gasteiger partial charge is 0.194 e. The van der Waals surface area contributed by atoms with E-state index >= 15 is 0 Å². The lowest BCUT2D eigenvalue weighted by Crippen LogP contribution is -2.00. The zero-order chi connectivity index (χ0) is 10.8. The number of nitrogens with one attached hydrogen (secondary N) is 1. The van der Waals surface area contributed by atoms with E-state index in [9.17, 15) is 4.79 Å². The third kappa shape index (κ3) is 1.87. The Kier molecular flexibility index (Phi) is 2.47. The number of aromatic nitrogens is 1. The molecule has 1 aromatic carbocycles. The average Bonchev–Trinajstić information content (AvgIpc) is 2.74. The van der Waals surface area contributed by atoms with E-state index in [1.165, 1.54) is 0 Å². The molecule has 0 aliphatic heterocycles. The van der Waals surface area contributed by atoms with Crippen molar-refractivity contribution in [3.05, 3.63) is 52.8 Å². The van der Waals surface area contributed by atoms with Gasteiger partial charge in [-0.05, 0) is 24.3 Å². The molecule has 0 atom stereocenters. The Morgan fingerprint density at radius 3 is 2.67 bits per heavy atom. The highest BCUT2D eigenvalue weighted by Gasteiger charge is 2.10. The number of halogens is 1. The fourth-order valence-corrected chi connectivity index (χ4v) is 1.48. The fourth-order valence-electron chi connectivity index (χ4n) is 1.30. The molecule has 0 spiro atoms. The van der Waals surface area contributed by atoms with Gasteiger partial charge in [-0.15, -0.1) is 0 Å². The molecule has 1 heterocycles. The van der Waals surface area contributed by atoms with Gasteiger partial charge >= 0.3 is 0 Å². The van der Waals surface area contributed by atoms with Gasteiger partial charge in [0.15, 0.2) is 5.78 Å². The minimum Gasteiger partial charge on any atom is -0.398 e. The molecule has 0 fully saturated rings. The molecule has 0 radical (unpaired) electrons. The number of hydrogen-bond acceptors (Lipinski definition) is 2. The number of benzene rings is 1. The fraction of sp³-hybridized carbons (Fsp3) is 0. The Hall–Kier alpha value is -1.74. The van der Waals surface area contributed by atoms with Gasteiger partial charge in [0.1, 0.15) is 0 Å². The van der Waals surface area contributed by atoms with Crippen LogP contribution in [0, 0.1) is 0 Å². The van der Waals surface area contributed by atoms with E-state index in [1.807, 2.05) is 0 Å². The first-order valence-electron chi connectivity index (χ1n) is 4.41. The summed E-state index contributed by atoms with van der Waals surface area (Å²) in [5.41, 5.74) is 7.18. The van der Waals surface area contributed by atoms with Crippen LogP contribution in [0.4, 0.5) is 5.69 Å². The van der Waals surface area contributed by atoms with Gasteiger partial charge < -0.3 is 10.7 Å². The average molecular weight is 221 g/mol. The molecule has 1 aromatic heterocycles. The Balaban J connectivity index is 2.39. The minimum absolute atomic E-state index is 0.0712. The monoisotopic (exact) mass is 220 g/mol. The third-order valence-electron chi connectivity index (χ3n) is 2.12. The zero-order valence-corrected chi connectivity index (χ0v) is 8.58. The number of rotatable bonds is 2. The Morgan fingerprint density at radius 2 is 2.07 bits per heavy atom. The summed E-state index contributed by atoms with van der Waals surface area (Å²) in [7, 11) is 0. The second-order valence-corrected chi connectivity index (χ2v) is 3.57. The number of ketones is 1. The summed E-state index contributed by atoms with van der Waals surface area (Å²) in [6.07, 6.45) is 3.35. The van der Waals surface area contributed by atoms with Crippen LogP contribution in [0.25, 0.3) is 0 Å². The van der Waals surface area contributed by atoms with Crippen LogP contribution in [0.1, 0.15) is 15.9 Å². The summed E-state index contributed by atoms with van der Waals surface area (Å²) >= 11 is 5.83. The quantitative estimate of drug-likeness (QED) is 0.604. The van der Waals surface area contributed by atoms with Crippen molar-refractivity contribution in [3.8, 4) is 0 Å². The van der Waals surface area contributed by atoms with Crippen molar-refractivity contribution in [3.63, 3.8) is 0 Å². The second-order valence-electron chi connectivity index (χ2n) is 3.17. The summed E-state index contributed by atoms with van der Waals surface area (Å²) in [5, 5.41) is 0.399. The topological polar surface area (TPSA) is 58.9 Å². The molecule has 0 bridgehead atoms. The van der Waals surface area contributed by atoms with Gasteiger partial charge in [0.05, 0.1) is 10.7 Å². The maximum atomic E-state index is 11.9. The molecule has 3 nitrogen and oxygen atoms in total. The zero-order valence-electron chi connectivity index (χ0n) is 7.83. The van der Waals surface area contributed by atoms with Crippen molar-refractivity contribution in [2.45, 2.75) is 0 Å². The lowest BCUT2D eigenvalue weighted by atomic mass is 10.1. The largest absolute Gasteiger partial charge is 0.398 e. The summed E-state index contributed by atoms with van der Waals surface area (Å²) < 4.78 is 0. The highest BCUT2D eigenvalue weighted by molar-refractivity contribution is 6.33. The Morgan fingerprint density at radius 1 is 1.27 bits per heavy atom. The second kappa shape index (κ2) is 3.79. The Bertz CT molecular complexity index is 491. The van der Waals surface area contributed by atoms with E-state index in [-0.39, 0.29) is 5.78 Å². The number of carbonyl (C=O) groups is 1. The maximum absolute atomic E-state index is 11.9. The number of carbonyl (C=O) groups excluding carboxylic acids is 1. The first-order chi connectivity index (χ1) is 7.18. The van der Waals surface area contributed by atoms with Gasteiger partial charge in [0, 0.05) is 23.5 Å². The summed E-state index contributed by atoms with van der Waals surface area (Å²) in [4.78, 5) is 14.7. The molecule has 0 saturated carbocycles. The van der Waals surface area contributed by atoms with Crippen LogP contribution in [0.5, 0.6) is 0 Å². The van der Waals surface area contributed by atoms with Crippen LogP contribution in [0.15, 0.2) is 36.7 Å². The van der Waals surface area contributed by atoms with Gasteiger partial charge in [-0.2, -0.15) is 0 Å². The first kappa shape index (κ1) is 9.80. The molecule has 2 rings (SSSR count). The molecular weight excluding hydrogens is 212 g/mol. The molecule has 2 aromatic rings. The number of nitrogen functional groups attached to an aromatic ring is 1. The molecule has 0 saturated heterocycles. The highest BCUT2D eigenvalue weighted by Crippen LogP contribution is 2.21. The number of H-pyrrole nitrogens is 1. The van der Waals surface area contributed by atoms with Gasteiger partial charge in [-0.1, -0.05) is 11.6 Å². The lowest BCUT2D eigenvalue weighted by Gasteiger charge is -2.01. The summed E-state index contributed by atoms with van der Waals surface area (Å²) in [6, 6.07) is 6.58. The molecule has 0 aliphatic carbocycles. The van der Waals surface area contributed by atoms with E-state index in [1.54, 1.807) is 36.7 Å². The molecule has 15 heavy (non-hydrogen) atoms. The predicted octanol–water partition coefficient (Wildman–Crippen LogP) is 2.48. The number of aromatic amines is 1. The van der Waals surface area contributed by atoms with E-state index in [4.69, 9.17) is 17.3 Å². The van der Waals surface area contributed by atoms with Crippen LogP contribution in [0.3, 0.4) is 0 Å². The van der Waals surface area contributed by atoms with E-state index < -0.39 is 0 Å². The van der Waals surface area contributed by atoms with E-state index in [0.29, 0.717) is 21.8 Å². The number of hydrogen-bond donors (Lipinski definition) is 2. The van der Waals surface area contributed by atoms with Crippen molar-refractivity contribution < 1.29 is 4.79 Å². The maximum Gasteiger partial charge on any atom is 0.194 e. The molecule has 3 N–H and O–H groups in total. The lowest BCUT2D eigenvalue weighted by molar-refractivity contribution is 0.103. The molecule has 0 aliphatic rings. The SMILES string of the molecule is Nc1ccc(C(=O)c2cc[nH]c2)cc1Cl. The standard InChI is InChI=1S/C11H9ClN2O/c12-9-5-7(1-2-10(9)13)11(15)8-3-4-14-6-8/h1-6,14H,13H2. The van der Waals surface area contributed by atoms with Gasteiger partial charge in [-0.3, -0.25) is 4.79 Å². The van der Waals surface area contributed by atoms with E-state index in [0.717, 1.165) is 0 Å². The van der Waals surface area contributed by atoms with Crippen molar-refractivity contribution >= 4 is 23.1 Å². The van der Waals surface area contributed by atoms with Crippen LogP contribution in [-0.2, 0) is 0 Å². The molecule has 76 valence electrons. The van der Waals surface area contributed by atoms with Crippen LogP contribution in [0.2, 0.25) is 5.02 Å². The van der Waals surface area contributed by atoms with Crippen molar-refractivity contribution in [1.29, 1.82) is 0 Å². The van der Waals surface area contributed by atoms with Crippen molar-refractivity contribution in [1.82, 2.24) is 4.98 Å². The first-order valence-corrected chi connectivity index (χ1v) is 4.79. The van der Waals surface area contributed by atoms with E-state index in [2.05, 4.69) is 4.98 Å². The van der Waals surface area contributed by atoms with Crippen molar-refractivity contribution in [2.24, 2.45) is 0 Å². The number of nitrogens with two attached hydrogens (primary N) is 1. The molecule has 0 unspecified atom stereocenters. The predicted molar refractivity (Wildman–Crippen MR) is 60.1 cm³/mol. The normalized spacial score (nSPS) is 10.2. The van der Waals surface area contributed by atoms with Crippen LogP contribution in [-0.4, -0.2) is 10.8 Å². The molecule has 4 heteroatoms.